The Labute approximate surface area is 171 Å². The summed E-state index contributed by atoms with van der Waals surface area (Å²) in [4.78, 5) is 2.21. The normalized spacial score (nSPS) is 14.5. The van der Waals surface area contributed by atoms with E-state index in [1.807, 2.05) is 12.2 Å². The van der Waals surface area contributed by atoms with Crippen LogP contribution < -0.4 is 0 Å². The molecule has 0 bridgehead atoms. The maximum atomic E-state index is 3.81. The Balaban J connectivity index is 3.96. The lowest BCUT2D eigenvalue weighted by Crippen LogP contribution is -2.16. The number of hydrogen-bond acceptors (Lipinski definition) is 1. The molecule has 1 heteroatoms. The largest absolute Gasteiger partial charge is 0.370 e. The first kappa shape index (κ1) is 25.8. The van der Waals surface area contributed by atoms with E-state index >= 15 is 0 Å². The minimum atomic E-state index is 0.832. The smallest absolute Gasteiger partial charge is 0.0354 e. The summed E-state index contributed by atoms with van der Waals surface area (Å²) in [7, 11) is 0. The van der Waals surface area contributed by atoms with Gasteiger partial charge in [-0.2, -0.15) is 0 Å². The second-order valence-electron chi connectivity index (χ2n) is 8.84. The molecule has 0 aromatic heterocycles. The third-order valence-corrected chi connectivity index (χ3v) is 5.27. The van der Waals surface area contributed by atoms with Crippen LogP contribution in [0.5, 0.6) is 0 Å². The molecule has 156 valence electrons. The van der Waals surface area contributed by atoms with Crippen LogP contribution in [-0.4, -0.2) is 18.0 Å². The Hall–Kier alpha value is -1.24. The van der Waals surface area contributed by atoms with Crippen molar-refractivity contribution in [2.45, 2.75) is 86.0 Å². The molecule has 0 aliphatic rings. The van der Waals surface area contributed by atoms with Crippen molar-refractivity contribution in [3.8, 4) is 0 Å². The molecule has 0 radical (unpaired) electrons. The summed E-state index contributed by atoms with van der Waals surface area (Å²) in [5.74, 6) is 2.59. The Kier molecular flexibility index (Phi) is 16.1. The number of nitrogens with zero attached hydrogens (tertiary/aromatic N) is 1. The number of rotatable bonds is 17. The number of allylic oxidation sites excluding steroid dienone is 3. The van der Waals surface area contributed by atoms with Gasteiger partial charge < -0.3 is 4.90 Å². The van der Waals surface area contributed by atoms with Crippen LogP contribution in [0.3, 0.4) is 0 Å². The third-order valence-electron chi connectivity index (χ3n) is 5.27. The summed E-state index contributed by atoms with van der Waals surface area (Å²) in [5, 5.41) is 0. The van der Waals surface area contributed by atoms with Gasteiger partial charge in [0.15, 0.2) is 0 Å². The fourth-order valence-electron chi connectivity index (χ4n) is 3.39. The maximum Gasteiger partial charge on any atom is 0.0354 e. The van der Waals surface area contributed by atoms with E-state index in [-0.39, 0.29) is 0 Å². The highest BCUT2D eigenvalue weighted by atomic mass is 15.1. The van der Waals surface area contributed by atoms with Gasteiger partial charge in [0.25, 0.3) is 0 Å². The summed E-state index contributed by atoms with van der Waals surface area (Å²) in [6.07, 6.45) is 21.5. The zero-order chi connectivity index (χ0) is 20.5. The second kappa shape index (κ2) is 16.9. The average Bonchev–Trinajstić information content (AvgIpc) is 2.59. The van der Waals surface area contributed by atoms with Gasteiger partial charge in [-0.25, -0.2) is 0 Å². The van der Waals surface area contributed by atoms with Crippen molar-refractivity contribution in [2.24, 2.45) is 17.8 Å². The van der Waals surface area contributed by atoms with Crippen molar-refractivity contribution in [1.82, 2.24) is 4.90 Å². The lowest BCUT2D eigenvalue weighted by molar-refractivity contribution is 0.393. The predicted octanol–water partition coefficient (Wildman–Crippen LogP) is 8.17. The van der Waals surface area contributed by atoms with Crippen molar-refractivity contribution >= 4 is 0 Å². The van der Waals surface area contributed by atoms with Crippen LogP contribution in [-0.2, 0) is 0 Å². The molecule has 1 nitrogen and oxygen atoms in total. The summed E-state index contributed by atoms with van der Waals surface area (Å²) in [6, 6.07) is 0. The highest BCUT2D eigenvalue weighted by Gasteiger charge is 2.06. The fraction of sp³-hybridized carbons (Fsp3) is 0.692. The van der Waals surface area contributed by atoms with Crippen LogP contribution in [0.4, 0.5) is 0 Å². The SMILES string of the molecule is C=CCN(C=CC(C)=CCCC(C)CCCC(C)CCCC(C)C)CC=C. The molecule has 2 unspecified atom stereocenters. The Bertz CT molecular complexity index is 419. The molecule has 0 heterocycles. The molecule has 2 atom stereocenters. The van der Waals surface area contributed by atoms with Gasteiger partial charge >= 0.3 is 0 Å². The first-order valence-electron chi connectivity index (χ1n) is 11.2. The van der Waals surface area contributed by atoms with Crippen molar-refractivity contribution in [1.29, 1.82) is 0 Å². The van der Waals surface area contributed by atoms with Crippen LogP contribution in [0, 0.1) is 17.8 Å². The first-order chi connectivity index (χ1) is 12.9. The lowest BCUT2D eigenvalue weighted by Gasteiger charge is -2.15. The topological polar surface area (TPSA) is 3.24 Å². The summed E-state index contributed by atoms with van der Waals surface area (Å²) in [5.41, 5.74) is 1.35. The molecule has 0 N–H and O–H groups in total. The van der Waals surface area contributed by atoms with Crippen LogP contribution >= 0.6 is 0 Å². The van der Waals surface area contributed by atoms with Crippen LogP contribution in [0.2, 0.25) is 0 Å². The second-order valence-corrected chi connectivity index (χ2v) is 8.84. The van der Waals surface area contributed by atoms with Crippen molar-refractivity contribution < 1.29 is 0 Å². The fourth-order valence-corrected chi connectivity index (χ4v) is 3.39. The molecular formula is C26H47N. The molecule has 0 aromatic rings. The highest BCUT2D eigenvalue weighted by Crippen LogP contribution is 2.21. The molecular weight excluding hydrogens is 326 g/mol. The molecule has 0 rings (SSSR count). The summed E-state index contributed by atoms with van der Waals surface area (Å²) >= 11 is 0. The van der Waals surface area contributed by atoms with E-state index in [1.54, 1.807) is 0 Å². The van der Waals surface area contributed by atoms with Gasteiger partial charge in [0.2, 0.25) is 0 Å². The van der Waals surface area contributed by atoms with Crippen molar-refractivity contribution in [3.05, 3.63) is 49.2 Å². The van der Waals surface area contributed by atoms with Gasteiger partial charge in [0, 0.05) is 13.1 Å². The molecule has 0 spiro atoms. The van der Waals surface area contributed by atoms with Crippen LogP contribution in [0.25, 0.3) is 0 Å². The van der Waals surface area contributed by atoms with E-state index in [0.29, 0.717) is 0 Å². The highest BCUT2D eigenvalue weighted by molar-refractivity contribution is 5.15. The van der Waals surface area contributed by atoms with Crippen molar-refractivity contribution in [3.63, 3.8) is 0 Å². The monoisotopic (exact) mass is 373 g/mol. The van der Waals surface area contributed by atoms with Crippen molar-refractivity contribution in [2.75, 3.05) is 13.1 Å². The van der Waals surface area contributed by atoms with Crippen LogP contribution in [0.1, 0.15) is 86.0 Å². The third kappa shape index (κ3) is 16.6. The minimum absolute atomic E-state index is 0.832. The van der Waals surface area contributed by atoms with Gasteiger partial charge in [0.05, 0.1) is 0 Å². The minimum Gasteiger partial charge on any atom is -0.370 e. The molecule has 0 aromatic carbocycles. The summed E-state index contributed by atoms with van der Waals surface area (Å²) < 4.78 is 0. The summed E-state index contributed by atoms with van der Waals surface area (Å²) in [6.45, 7) is 21.1. The predicted molar refractivity (Wildman–Crippen MR) is 125 cm³/mol. The van der Waals surface area contributed by atoms with E-state index < -0.39 is 0 Å². The quantitative estimate of drug-likeness (QED) is 0.183. The Morgan fingerprint density at radius 3 is 1.85 bits per heavy atom. The van der Waals surface area contributed by atoms with Gasteiger partial charge in [0.1, 0.15) is 0 Å². The molecule has 0 saturated heterocycles. The van der Waals surface area contributed by atoms with Crippen LogP contribution in [0.15, 0.2) is 49.2 Å². The van der Waals surface area contributed by atoms with Gasteiger partial charge in [-0.05, 0) is 49.8 Å². The van der Waals surface area contributed by atoms with Gasteiger partial charge in [-0.3, -0.25) is 0 Å². The van der Waals surface area contributed by atoms with E-state index in [9.17, 15) is 0 Å². The standard InChI is InChI=1S/C26H47N/c1-8-20-27(21-9-2)22-19-26(7)18-12-17-25(6)16-11-15-24(5)14-10-13-23(3)4/h8-9,18-19,22-25H,1-2,10-17,20-21H2,3-7H3. The molecule has 0 saturated carbocycles. The zero-order valence-corrected chi connectivity index (χ0v) is 19.1. The van der Waals surface area contributed by atoms with E-state index in [4.69, 9.17) is 0 Å². The molecule has 27 heavy (non-hydrogen) atoms. The lowest BCUT2D eigenvalue weighted by atomic mass is 9.92. The van der Waals surface area contributed by atoms with Gasteiger partial charge in [-0.15, -0.1) is 13.2 Å². The average molecular weight is 374 g/mol. The Morgan fingerprint density at radius 2 is 1.33 bits per heavy atom. The van der Waals surface area contributed by atoms with E-state index in [1.165, 1.54) is 56.9 Å². The maximum absolute atomic E-state index is 3.81. The molecule has 0 aliphatic heterocycles. The zero-order valence-electron chi connectivity index (χ0n) is 19.1. The molecule has 0 fully saturated rings. The van der Waals surface area contributed by atoms with Gasteiger partial charge in [-0.1, -0.05) is 90.0 Å². The Morgan fingerprint density at radius 1 is 0.815 bits per heavy atom. The molecule has 0 amide bonds. The first-order valence-corrected chi connectivity index (χ1v) is 11.2. The van der Waals surface area contributed by atoms with E-state index in [0.717, 1.165) is 30.8 Å². The van der Waals surface area contributed by atoms with E-state index in [2.05, 4.69) is 71.0 Å². The number of hydrogen-bond donors (Lipinski definition) is 0. The molecule has 0 aliphatic carbocycles.